The molecule has 0 aliphatic heterocycles. The third-order valence-corrected chi connectivity index (χ3v) is 6.51. The van der Waals surface area contributed by atoms with Gasteiger partial charge >= 0.3 is 0 Å². The number of nitrogens with two attached hydrogens (primary N) is 1. The second-order valence-electron chi connectivity index (χ2n) is 8.73. The molecule has 0 radical (unpaired) electrons. The number of carbonyl (C=O) groups is 1. The number of amides is 1. The van der Waals surface area contributed by atoms with Gasteiger partial charge < -0.3 is 11.1 Å². The highest BCUT2D eigenvalue weighted by atomic mass is 16.1. The van der Waals surface area contributed by atoms with E-state index in [4.69, 9.17) is 15.7 Å². The van der Waals surface area contributed by atoms with Crippen LogP contribution in [0.25, 0.3) is 38.7 Å². The van der Waals surface area contributed by atoms with Crippen LogP contribution in [0.4, 0.5) is 11.5 Å². The number of nitrogens with one attached hydrogen (secondary N) is 1. The van der Waals surface area contributed by atoms with E-state index in [1.165, 1.54) is 5.56 Å². The van der Waals surface area contributed by atoms with Gasteiger partial charge in [0.05, 0.1) is 11.0 Å². The Morgan fingerprint density at radius 1 is 0.829 bits per heavy atom. The molecule has 0 unspecified atom stereocenters. The van der Waals surface area contributed by atoms with E-state index < -0.39 is 0 Å². The molecule has 0 saturated carbocycles. The Hall–Kier alpha value is -4.71. The molecule has 1 amide bonds. The number of rotatable bonds is 3. The van der Waals surface area contributed by atoms with Crippen molar-refractivity contribution in [3.8, 4) is 5.69 Å². The van der Waals surface area contributed by atoms with Crippen LogP contribution >= 0.6 is 0 Å². The number of aryl methyl sites for hydroxylation is 2. The first kappa shape index (κ1) is 20.9. The van der Waals surface area contributed by atoms with Gasteiger partial charge in [-0.3, -0.25) is 9.36 Å². The minimum atomic E-state index is -0.323. The summed E-state index contributed by atoms with van der Waals surface area (Å²) in [5.74, 6) is -0.0210. The van der Waals surface area contributed by atoms with Gasteiger partial charge in [-0.2, -0.15) is 0 Å². The molecular formula is C29H23N5O. The summed E-state index contributed by atoms with van der Waals surface area (Å²) in [4.78, 5) is 23.4. The first-order valence-corrected chi connectivity index (χ1v) is 11.4. The molecule has 2 heterocycles. The highest BCUT2D eigenvalue weighted by Crippen LogP contribution is 2.33. The second kappa shape index (κ2) is 7.95. The monoisotopic (exact) mass is 457 g/mol. The highest BCUT2D eigenvalue weighted by molar-refractivity contribution is 6.18. The number of carbonyl (C=O) groups excluding carboxylic acids is 1. The van der Waals surface area contributed by atoms with Gasteiger partial charge in [0.25, 0.3) is 5.91 Å². The third kappa shape index (κ3) is 3.38. The van der Waals surface area contributed by atoms with Crippen molar-refractivity contribution in [2.75, 3.05) is 11.1 Å². The number of para-hydroxylation sites is 2. The van der Waals surface area contributed by atoms with E-state index in [1.54, 1.807) is 0 Å². The molecule has 0 aliphatic carbocycles. The number of aromatic nitrogens is 3. The Morgan fingerprint density at radius 2 is 1.54 bits per heavy atom. The maximum atomic E-state index is 13.7. The lowest BCUT2D eigenvalue weighted by atomic mass is 10.1. The van der Waals surface area contributed by atoms with Gasteiger partial charge in [0.2, 0.25) is 0 Å². The van der Waals surface area contributed by atoms with Crippen LogP contribution in [0.3, 0.4) is 0 Å². The van der Waals surface area contributed by atoms with E-state index in [0.29, 0.717) is 33.7 Å². The third-order valence-electron chi connectivity index (χ3n) is 6.51. The zero-order valence-electron chi connectivity index (χ0n) is 19.4. The average Bonchev–Trinajstić information content (AvgIpc) is 3.15. The van der Waals surface area contributed by atoms with Crippen molar-refractivity contribution in [1.82, 2.24) is 14.5 Å². The Kier molecular flexibility index (Phi) is 4.74. The molecule has 6 rings (SSSR count). The molecule has 35 heavy (non-hydrogen) atoms. The summed E-state index contributed by atoms with van der Waals surface area (Å²) < 4.78 is 1.82. The summed E-state index contributed by atoms with van der Waals surface area (Å²) >= 11 is 0. The summed E-state index contributed by atoms with van der Waals surface area (Å²) in [7, 11) is 0. The van der Waals surface area contributed by atoms with Crippen LogP contribution in [0.1, 0.15) is 21.5 Å². The fourth-order valence-electron chi connectivity index (χ4n) is 4.53. The molecule has 0 fully saturated rings. The van der Waals surface area contributed by atoms with Crippen LogP contribution in [-0.2, 0) is 0 Å². The first-order valence-electron chi connectivity index (χ1n) is 11.4. The molecule has 3 N–H and O–H groups in total. The molecule has 170 valence electrons. The topological polar surface area (TPSA) is 85.8 Å². The van der Waals surface area contributed by atoms with Gasteiger partial charge in [0, 0.05) is 16.8 Å². The summed E-state index contributed by atoms with van der Waals surface area (Å²) in [6.07, 6.45) is 0. The maximum Gasteiger partial charge on any atom is 0.261 e. The summed E-state index contributed by atoms with van der Waals surface area (Å²) in [6, 6.07) is 27.5. The van der Waals surface area contributed by atoms with Crippen molar-refractivity contribution < 1.29 is 4.79 Å². The van der Waals surface area contributed by atoms with Crippen LogP contribution in [0, 0.1) is 13.8 Å². The maximum absolute atomic E-state index is 13.7. The molecule has 6 nitrogen and oxygen atoms in total. The van der Waals surface area contributed by atoms with Gasteiger partial charge in [-0.1, -0.05) is 54.6 Å². The Bertz CT molecular complexity index is 1780. The molecule has 0 atom stereocenters. The smallest absolute Gasteiger partial charge is 0.261 e. The second-order valence-corrected chi connectivity index (χ2v) is 8.73. The Balaban J connectivity index is 1.58. The fraction of sp³-hybridized carbons (Fsp3) is 0.0690. The van der Waals surface area contributed by atoms with Crippen molar-refractivity contribution in [3.63, 3.8) is 0 Å². The molecule has 2 aromatic heterocycles. The zero-order valence-corrected chi connectivity index (χ0v) is 19.4. The minimum Gasteiger partial charge on any atom is -0.384 e. The number of hydrogen-bond donors (Lipinski definition) is 2. The van der Waals surface area contributed by atoms with Crippen LogP contribution in [0.5, 0.6) is 0 Å². The van der Waals surface area contributed by atoms with Crippen molar-refractivity contribution in [1.29, 1.82) is 0 Å². The number of anilines is 2. The van der Waals surface area contributed by atoms with Gasteiger partial charge in [-0.25, -0.2) is 9.97 Å². The molecule has 0 spiro atoms. The number of fused-ring (bicyclic) bond motifs is 3. The number of hydrogen-bond acceptors (Lipinski definition) is 4. The first-order chi connectivity index (χ1) is 17.0. The van der Waals surface area contributed by atoms with E-state index in [9.17, 15) is 4.79 Å². The zero-order chi connectivity index (χ0) is 24.1. The molecule has 0 saturated heterocycles. The van der Waals surface area contributed by atoms with E-state index in [0.717, 1.165) is 27.5 Å². The molecule has 4 aromatic carbocycles. The van der Waals surface area contributed by atoms with Crippen molar-refractivity contribution in [3.05, 3.63) is 102 Å². The summed E-state index contributed by atoms with van der Waals surface area (Å²) in [5.41, 5.74) is 13.3. The van der Waals surface area contributed by atoms with Crippen molar-refractivity contribution in [2.45, 2.75) is 13.8 Å². The average molecular weight is 458 g/mol. The van der Waals surface area contributed by atoms with E-state index >= 15 is 0 Å². The normalized spacial score (nSPS) is 11.4. The number of benzene rings is 4. The minimum absolute atomic E-state index is 0.302. The van der Waals surface area contributed by atoms with Crippen molar-refractivity contribution in [2.24, 2.45) is 0 Å². The van der Waals surface area contributed by atoms with E-state index in [2.05, 4.69) is 19.2 Å². The van der Waals surface area contributed by atoms with Crippen LogP contribution in [0.2, 0.25) is 0 Å². The lowest BCUT2D eigenvalue weighted by molar-refractivity contribution is 0.102. The molecule has 0 bridgehead atoms. The summed E-state index contributed by atoms with van der Waals surface area (Å²) in [6.45, 7) is 4.11. The molecule has 0 aliphatic rings. The van der Waals surface area contributed by atoms with Gasteiger partial charge in [-0.15, -0.1) is 0 Å². The van der Waals surface area contributed by atoms with Crippen LogP contribution < -0.4 is 11.1 Å². The Morgan fingerprint density at radius 3 is 2.34 bits per heavy atom. The molecule has 6 aromatic rings. The number of nitrogens with zero attached hydrogens (tertiary/aromatic N) is 3. The number of nitrogen functional groups attached to an aromatic ring is 1. The predicted molar refractivity (Wildman–Crippen MR) is 142 cm³/mol. The highest BCUT2D eigenvalue weighted by Gasteiger charge is 2.25. The Labute approximate surface area is 202 Å². The largest absolute Gasteiger partial charge is 0.384 e. The van der Waals surface area contributed by atoms with Crippen molar-refractivity contribution >= 4 is 50.4 Å². The fourth-order valence-corrected chi connectivity index (χ4v) is 4.53. The lowest BCUT2D eigenvalue weighted by Crippen LogP contribution is -2.14. The van der Waals surface area contributed by atoms with Gasteiger partial charge in [-0.05, 0) is 60.7 Å². The summed E-state index contributed by atoms with van der Waals surface area (Å²) in [5, 5.41) is 5.07. The predicted octanol–water partition coefficient (Wildman–Crippen LogP) is 6.18. The van der Waals surface area contributed by atoms with E-state index in [-0.39, 0.29) is 5.91 Å². The lowest BCUT2D eigenvalue weighted by Gasteiger charge is -2.11. The van der Waals surface area contributed by atoms with Gasteiger partial charge in [0.15, 0.2) is 5.65 Å². The quantitative estimate of drug-likeness (QED) is 0.332. The standard InChI is InChI=1S/C29H23N5O/c1-17-14-15-20(16-18(17)2)34-27(30)25(26-28(34)32-24-12-6-5-11-23(24)31-26)29(35)33-22-13-7-9-19-8-3-4-10-21(19)22/h3-16H,30H2,1-2H3,(H,33,35). The van der Waals surface area contributed by atoms with Crippen LogP contribution in [0.15, 0.2) is 84.9 Å². The van der Waals surface area contributed by atoms with E-state index in [1.807, 2.05) is 89.5 Å². The molecular weight excluding hydrogens is 434 g/mol. The molecule has 6 heteroatoms. The SMILES string of the molecule is Cc1ccc(-n2c(N)c(C(=O)Nc3cccc4ccccc34)c3nc4ccccc4nc32)cc1C. The van der Waals surface area contributed by atoms with Crippen LogP contribution in [-0.4, -0.2) is 20.4 Å². The van der Waals surface area contributed by atoms with Gasteiger partial charge in [0.1, 0.15) is 16.9 Å².